The lowest BCUT2D eigenvalue weighted by Gasteiger charge is -2.37. The van der Waals surface area contributed by atoms with Crippen LogP contribution in [0.1, 0.15) is 22.7 Å². The number of likely N-dealkylation sites (N-methyl/N-ethyl adjacent to an activating group) is 1. The second-order valence-electron chi connectivity index (χ2n) is 4.88. The van der Waals surface area contributed by atoms with Crippen molar-refractivity contribution in [3.63, 3.8) is 0 Å². The summed E-state index contributed by atoms with van der Waals surface area (Å²) >= 11 is 0. The summed E-state index contributed by atoms with van der Waals surface area (Å²) in [5.41, 5.74) is 2.87. The van der Waals surface area contributed by atoms with Gasteiger partial charge in [-0.05, 0) is 25.0 Å². The van der Waals surface area contributed by atoms with Crippen molar-refractivity contribution >= 4 is 11.9 Å². The third kappa shape index (κ3) is 2.46. The second kappa shape index (κ2) is 5.01. The molecule has 0 spiro atoms. The van der Waals surface area contributed by atoms with E-state index in [2.05, 4.69) is 0 Å². The average Bonchev–Trinajstić information content (AvgIpc) is 2.33. The molecule has 1 aromatic carbocycles. The molecule has 0 saturated carbocycles. The van der Waals surface area contributed by atoms with E-state index in [1.165, 1.54) is 4.90 Å². The van der Waals surface area contributed by atoms with Crippen LogP contribution in [0.4, 0.5) is 0 Å². The van der Waals surface area contributed by atoms with E-state index >= 15 is 0 Å². The highest BCUT2D eigenvalue weighted by molar-refractivity contribution is 5.82. The van der Waals surface area contributed by atoms with Gasteiger partial charge in [-0.2, -0.15) is 0 Å². The van der Waals surface area contributed by atoms with E-state index in [4.69, 9.17) is 4.74 Å². The second-order valence-corrected chi connectivity index (χ2v) is 4.88. The van der Waals surface area contributed by atoms with Gasteiger partial charge in [-0.3, -0.25) is 4.79 Å². The topological polar surface area (TPSA) is 66.8 Å². The Balaban J connectivity index is 2.46. The zero-order chi connectivity index (χ0) is 14.2. The summed E-state index contributed by atoms with van der Waals surface area (Å²) in [6.07, 6.45) is -1.02. The Morgan fingerprint density at radius 1 is 1.42 bits per heavy atom. The van der Waals surface area contributed by atoms with Gasteiger partial charge in [0.2, 0.25) is 5.91 Å². The third-order valence-electron chi connectivity index (χ3n) is 3.47. The number of benzene rings is 1. The third-order valence-corrected chi connectivity index (χ3v) is 3.47. The number of aryl methyl sites for hydroxylation is 2. The van der Waals surface area contributed by atoms with E-state index in [0.29, 0.717) is 0 Å². The summed E-state index contributed by atoms with van der Waals surface area (Å²) in [4.78, 5) is 24.5. The van der Waals surface area contributed by atoms with Gasteiger partial charge in [-0.1, -0.05) is 23.8 Å². The lowest BCUT2D eigenvalue weighted by molar-refractivity contribution is -0.171. The molecule has 1 saturated heterocycles. The quantitative estimate of drug-likeness (QED) is 0.873. The van der Waals surface area contributed by atoms with Gasteiger partial charge in [0.05, 0.1) is 6.04 Å². The number of rotatable bonds is 2. The summed E-state index contributed by atoms with van der Waals surface area (Å²) < 4.78 is 5.18. The van der Waals surface area contributed by atoms with E-state index in [1.54, 1.807) is 7.05 Å². The van der Waals surface area contributed by atoms with Crippen molar-refractivity contribution in [1.82, 2.24) is 4.90 Å². The summed E-state index contributed by atoms with van der Waals surface area (Å²) in [7, 11) is 1.62. The molecule has 1 heterocycles. The van der Waals surface area contributed by atoms with Crippen LogP contribution in [-0.2, 0) is 14.3 Å². The fourth-order valence-electron chi connectivity index (χ4n) is 2.45. The average molecular weight is 263 g/mol. The number of nitrogens with zero attached hydrogens (tertiary/aromatic N) is 1. The molecule has 19 heavy (non-hydrogen) atoms. The van der Waals surface area contributed by atoms with Gasteiger partial charge in [-0.15, -0.1) is 0 Å². The van der Waals surface area contributed by atoms with Crippen LogP contribution in [0.3, 0.4) is 0 Å². The van der Waals surface area contributed by atoms with Crippen molar-refractivity contribution < 1.29 is 19.4 Å². The van der Waals surface area contributed by atoms with Gasteiger partial charge >= 0.3 is 5.97 Å². The smallest absolute Gasteiger partial charge is 0.335 e. The fraction of sp³-hybridized carbons (Fsp3) is 0.429. The van der Waals surface area contributed by atoms with Gasteiger partial charge in [0, 0.05) is 7.05 Å². The van der Waals surface area contributed by atoms with E-state index in [1.807, 2.05) is 32.0 Å². The monoisotopic (exact) mass is 263 g/mol. The number of amides is 1. The zero-order valence-corrected chi connectivity index (χ0v) is 11.2. The highest BCUT2D eigenvalue weighted by Gasteiger charge is 2.40. The minimum absolute atomic E-state index is 0.186. The van der Waals surface area contributed by atoms with Crippen molar-refractivity contribution in [2.45, 2.75) is 26.0 Å². The Kier molecular flexibility index (Phi) is 3.57. The maximum atomic E-state index is 11.7. The van der Waals surface area contributed by atoms with E-state index in [9.17, 15) is 14.7 Å². The Hall–Kier alpha value is -1.88. The molecular weight excluding hydrogens is 246 g/mol. The largest absolute Gasteiger partial charge is 0.479 e. The molecule has 1 fully saturated rings. The van der Waals surface area contributed by atoms with Gasteiger partial charge in [-0.25, -0.2) is 4.79 Å². The molecule has 1 aliphatic rings. The van der Waals surface area contributed by atoms with Crippen LogP contribution in [-0.4, -0.2) is 41.6 Å². The molecule has 5 nitrogen and oxygen atoms in total. The predicted molar refractivity (Wildman–Crippen MR) is 68.8 cm³/mol. The molecular formula is C14H17NO4. The normalized spacial score (nSPS) is 23.5. The molecule has 0 aliphatic carbocycles. The minimum atomic E-state index is -1.05. The number of morpholine rings is 1. The molecule has 1 aliphatic heterocycles. The van der Waals surface area contributed by atoms with Gasteiger partial charge in [0.15, 0.2) is 6.10 Å². The molecule has 1 amide bonds. The molecule has 2 unspecified atom stereocenters. The standard InChI is InChI=1S/C14H17NO4/c1-8-4-5-10(9(2)6-8)12-13(14(17)18)19-7-11(16)15(12)3/h4-6,12-13H,7H2,1-3H3,(H,17,18). The Bertz CT molecular complexity index is 526. The van der Waals surface area contributed by atoms with Crippen LogP contribution in [0.5, 0.6) is 0 Å². The molecule has 0 radical (unpaired) electrons. The van der Waals surface area contributed by atoms with Crippen molar-refractivity contribution in [3.05, 3.63) is 34.9 Å². The number of aliphatic carboxylic acids is 1. The van der Waals surface area contributed by atoms with Crippen LogP contribution in [0, 0.1) is 13.8 Å². The Labute approximate surface area is 111 Å². The highest BCUT2D eigenvalue weighted by atomic mass is 16.5. The number of hydrogen-bond acceptors (Lipinski definition) is 3. The molecule has 5 heteroatoms. The maximum absolute atomic E-state index is 11.7. The number of hydrogen-bond donors (Lipinski definition) is 1. The zero-order valence-electron chi connectivity index (χ0n) is 11.2. The summed E-state index contributed by atoms with van der Waals surface area (Å²) in [6, 6.07) is 5.17. The number of carboxylic acids is 1. The van der Waals surface area contributed by atoms with Crippen molar-refractivity contribution in [1.29, 1.82) is 0 Å². The first-order chi connectivity index (χ1) is 8.91. The first-order valence-corrected chi connectivity index (χ1v) is 6.09. The van der Waals surface area contributed by atoms with Crippen LogP contribution in [0.25, 0.3) is 0 Å². The van der Waals surface area contributed by atoms with Crippen LogP contribution in [0.15, 0.2) is 18.2 Å². The molecule has 102 valence electrons. The van der Waals surface area contributed by atoms with E-state index in [0.717, 1.165) is 16.7 Å². The number of carbonyl (C=O) groups is 2. The summed E-state index contributed by atoms with van der Waals surface area (Å²) in [5, 5.41) is 9.26. The highest BCUT2D eigenvalue weighted by Crippen LogP contribution is 2.31. The van der Waals surface area contributed by atoms with Crippen molar-refractivity contribution in [2.24, 2.45) is 0 Å². The van der Waals surface area contributed by atoms with Crippen LogP contribution in [0.2, 0.25) is 0 Å². The Morgan fingerprint density at radius 2 is 2.11 bits per heavy atom. The SMILES string of the molecule is Cc1ccc(C2C(C(=O)O)OCC(=O)N2C)c(C)c1. The first kappa shape index (κ1) is 13.5. The molecule has 1 aromatic rings. The first-order valence-electron chi connectivity index (χ1n) is 6.09. The number of carbonyl (C=O) groups excluding carboxylic acids is 1. The minimum Gasteiger partial charge on any atom is -0.479 e. The number of ether oxygens (including phenoxy) is 1. The molecule has 0 aromatic heterocycles. The molecule has 0 bridgehead atoms. The van der Waals surface area contributed by atoms with Gasteiger partial charge in [0.25, 0.3) is 0 Å². The van der Waals surface area contributed by atoms with Crippen LogP contribution < -0.4 is 0 Å². The predicted octanol–water partition coefficient (Wildman–Crippen LogP) is 1.29. The maximum Gasteiger partial charge on any atom is 0.335 e. The molecule has 2 atom stereocenters. The Morgan fingerprint density at radius 3 is 2.68 bits per heavy atom. The van der Waals surface area contributed by atoms with E-state index < -0.39 is 18.1 Å². The number of carboxylic acid groups (broad SMARTS) is 1. The fourth-order valence-corrected chi connectivity index (χ4v) is 2.45. The van der Waals surface area contributed by atoms with E-state index in [-0.39, 0.29) is 12.5 Å². The lowest BCUT2D eigenvalue weighted by Crippen LogP contribution is -2.50. The van der Waals surface area contributed by atoms with Gasteiger partial charge in [0.1, 0.15) is 6.61 Å². The molecule has 1 N–H and O–H groups in total. The van der Waals surface area contributed by atoms with Crippen molar-refractivity contribution in [2.75, 3.05) is 13.7 Å². The molecule has 2 rings (SSSR count). The van der Waals surface area contributed by atoms with Crippen molar-refractivity contribution in [3.8, 4) is 0 Å². The van der Waals surface area contributed by atoms with Crippen LogP contribution >= 0.6 is 0 Å². The van der Waals surface area contributed by atoms with Gasteiger partial charge < -0.3 is 14.7 Å². The lowest BCUT2D eigenvalue weighted by atomic mass is 9.93. The summed E-state index contributed by atoms with van der Waals surface area (Å²) in [5.74, 6) is -1.26. The summed E-state index contributed by atoms with van der Waals surface area (Å²) in [6.45, 7) is 3.70.